The third-order valence-electron chi connectivity index (χ3n) is 2.62. The monoisotopic (exact) mass is 331 g/mol. The highest BCUT2D eigenvalue weighted by atomic mass is 35.5. The van der Waals surface area contributed by atoms with Crippen molar-refractivity contribution in [2.45, 2.75) is 0 Å². The number of benzene rings is 1. The molecule has 122 valence electrons. The summed E-state index contributed by atoms with van der Waals surface area (Å²) < 4.78 is 9.67. The van der Waals surface area contributed by atoms with E-state index in [-0.39, 0.29) is 35.1 Å². The number of nitrogens with zero attached hydrogens (tertiary/aromatic N) is 1. The zero-order chi connectivity index (χ0) is 15.8. The summed E-state index contributed by atoms with van der Waals surface area (Å²) >= 11 is 0. The predicted molar refractivity (Wildman–Crippen MR) is 84.9 cm³/mol. The summed E-state index contributed by atoms with van der Waals surface area (Å²) in [7, 11) is 2.56. The van der Waals surface area contributed by atoms with Gasteiger partial charge in [0.15, 0.2) is 5.69 Å². The molecule has 8 nitrogen and oxygen atoms in total. The van der Waals surface area contributed by atoms with Crippen LogP contribution in [0.4, 0.5) is 11.4 Å². The second-order valence-corrected chi connectivity index (χ2v) is 3.91. The molecule has 0 aliphatic carbocycles. The first kappa shape index (κ1) is 19.7. The number of carbonyl (C=O) groups excluding carboxylic acids is 1. The Morgan fingerprint density at radius 2 is 2.09 bits per heavy atom. The maximum atomic E-state index is 11.5. The summed E-state index contributed by atoms with van der Waals surface area (Å²) in [5.41, 5.74) is 5.28. The van der Waals surface area contributed by atoms with E-state index >= 15 is 0 Å². The molecular formula is C13H18ClN3O5. The van der Waals surface area contributed by atoms with Crippen LogP contribution in [0, 0.1) is 10.1 Å². The number of methoxy groups -OCH3 is 2. The highest BCUT2D eigenvalue weighted by Crippen LogP contribution is 2.36. The van der Waals surface area contributed by atoms with Gasteiger partial charge in [0.2, 0.25) is 0 Å². The van der Waals surface area contributed by atoms with Crippen LogP contribution in [0.25, 0.3) is 0 Å². The molecule has 22 heavy (non-hydrogen) atoms. The molecule has 0 aliphatic rings. The summed E-state index contributed by atoms with van der Waals surface area (Å²) in [6, 6.07) is 2.52. The molecule has 0 amide bonds. The number of nitrogens with one attached hydrogen (secondary N) is 1. The minimum Gasteiger partial charge on any atom is -0.494 e. The summed E-state index contributed by atoms with van der Waals surface area (Å²) in [6.45, 7) is 0.716. The van der Waals surface area contributed by atoms with Crippen molar-refractivity contribution < 1.29 is 19.2 Å². The van der Waals surface area contributed by atoms with Gasteiger partial charge in [-0.05, 0) is 6.07 Å². The van der Waals surface area contributed by atoms with Crippen LogP contribution in [0.5, 0.6) is 5.75 Å². The van der Waals surface area contributed by atoms with Gasteiger partial charge < -0.3 is 20.5 Å². The van der Waals surface area contributed by atoms with E-state index in [0.29, 0.717) is 13.1 Å². The first-order valence-corrected chi connectivity index (χ1v) is 6.08. The van der Waals surface area contributed by atoms with E-state index in [1.165, 1.54) is 20.3 Å². The van der Waals surface area contributed by atoms with Gasteiger partial charge in [0.25, 0.3) is 5.69 Å². The van der Waals surface area contributed by atoms with Gasteiger partial charge in [0.1, 0.15) is 5.75 Å². The molecule has 0 aromatic heterocycles. The third kappa shape index (κ3) is 4.90. The molecule has 0 saturated heterocycles. The van der Waals surface area contributed by atoms with Crippen LogP contribution < -0.4 is 15.8 Å². The van der Waals surface area contributed by atoms with Crippen LogP contribution >= 0.6 is 12.4 Å². The summed E-state index contributed by atoms with van der Waals surface area (Å²) in [5.74, 6) is -0.489. The van der Waals surface area contributed by atoms with Crippen LogP contribution in [0.3, 0.4) is 0 Å². The number of hydrogen-bond acceptors (Lipinski definition) is 7. The van der Waals surface area contributed by atoms with E-state index in [2.05, 4.69) is 10.1 Å². The zero-order valence-corrected chi connectivity index (χ0v) is 13.0. The SMILES string of the molecule is COC(=O)c1cc(OC)c(NC/C=C/CN)c([N+](=O)[O-])c1.Cl. The lowest BCUT2D eigenvalue weighted by molar-refractivity contribution is -0.384. The van der Waals surface area contributed by atoms with Crippen molar-refractivity contribution in [2.24, 2.45) is 5.73 Å². The molecule has 0 bridgehead atoms. The molecule has 1 aromatic carbocycles. The number of nitro benzene ring substituents is 1. The lowest BCUT2D eigenvalue weighted by Gasteiger charge is -2.11. The van der Waals surface area contributed by atoms with Crippen molar-refractivity contribution in [2.75, 3.05) is 32.6 Å². The summed E-state index contributed by atoms with van der Waals surface area (Å²) in [6.07, 6.45) is 3.45. The van der Waals surface area contributed by atoms with E-state index in [0.717, 1.165) is 6.07 Å². The van der Waals surface area contributed by atoms with Crippen molar-refractivity contribution >= 4 is 29.8 Å². The number of anilines is 1. The molecule has 0 heterocycles. The highest BCUT2D eigenvalue weighted by Gasteiger charge is 2.22. The quantitative estimate of drug-likeness (QED) is 0.338. The van der Waals surface area contributed by atoms with E-state index in [1.54, 1.807) is 12.2 Å². The highest BCUT2D eigenvalue weighted by molar-refractivity contribution is 5.93. The first-order chi connectivity index (χ1) is 10.0. The minimum absolute atomic E-state index is 0. The molecule has 0 spiro atoms. The van der Waals surface area contributed by atoms with Gasteiger partial charge in [-0.2, -0.15) is 0 Å². The molecule has 3 N–H and O–H groups in total. The second kappa shape index (κ2) is 9.59. The average Bonchev–Trinajstić information content (AvgIpc) is 2.49. The fourth-order valence-electron chi connectivity index (χ4n) is 1.66. The van der Waals surface area contributed by atoms with E-state index in [1.807, 2.05) is 0 Å². The standard InChI is InChI=1S/C13H17N3O5.ClH/c1-20-11-8-9(13(17)21-2)7-10(16(18)19)12(11)15-6-4-3-5-14;/h3-4,7-8,15H,5-6,14H2,1-2H3;1H/b4-3+;. The topological polar surface area (TPSA) is 117 Å². The number of ether oxygens (including phenoxy) is 2. The normalized spacial score (nSPS) is 9.95. The molecule has 0 aliphatic heterocycles. The number of carbonyl (C=O) groups is 1. The van der Waals surface area contributed by atoms with E-state index in [4.69, 9.17) is 10.5 Å². The Kier molecular flexibility index (Phi) is 8.58. The Labute approximate surface area is 133 Å². The Hall–Kier alpha value is -2.32. The zero-order valence-electron chi connectivity index (χ0n) is 12.2. The van der Waals surface area contributed by atoms with Crippen molar-refractivity contribution in [1.29, 1.82) is 0 Å². The number of esters is 1. The molecule has 1 aromatic rings. The predicted octanol–water partition coefficient (Wildman–Crippen LogP) is 1.74. The number of nitrogens with two attached hydrogens (primary N) is 1. The summed E-state index contributed by atoms with van der Waals surface area (Å²) in [4.78, 5) is 22.1. The van der Waals surface area contributed by atoms with Crippen molar-refractivity contribution in [3.8, 4) is 5.75 Å². The van der Waals surface area contributed by atoms with Crippen LogP contribution in [0.15, 0.2) is 24.3 Å². The molecular weight excluding hydrogens is 314 g/mol. The number of rotatable bonds is 7. The average molecular weight is 332 g/mol. The third-order valence-corrected chi connectivity index (χ3v) is 2.62. The van der Waals surface area contributed by atoms with Crippen LogP contribution in [-0.2, 0) is 4.74 Å². The van der Waals surface area contributed by atoms with Gasteiger partial charge >= 0.3 is 5.97 Å². The molecule has 0 saturated carbocycles. The fourth-order valence-corrected chi connectivity index (χ4v) is 1.66. The van der Waals surface area contributed by atoms with Gasteiger partial charge in [0, 0.05) is 19.2 Å². The van der Waals surface area contributed by atoms with Crippen LogP contribution in [0.1, 0.15) is 10.4 Å². The maximum absolute atomic E-state index is 11.5. The molecule has 0 radical (unpaired) electrons. The number of hydrogen-bond donors (Lipinski definition) is 2. The maximum Gasteiger partial charge on any atom is 0.338 e. The largest absolute Gasteiger partial charge is 0.494 e. The Morgan fingerprint density at radius 1 is 1.41 bits per heavy atom. The lowest BCUT2D eigenvalue weighted by atomic mass is 10.1. The fraction of sp³-hybridized carbons (Fsp3) is 0.308. The Bertz CT molecular complexity index is 563. The first-order valence-electron chi connectivity index (χ1n) is 6.08. The second-order valence-electron chi connectivity index (χ2n) is 3.91. The smallest absolute Gasteiger partial charge is 0.338 e. The van der Waals surface area contributed by atoms with E-state index in [9.17, 15) is 14.9 Å². The van der Waals surface area contributed by atoms with Crippen LogP contribution in [-0.4, -0.2) is 38.2 Å². The van der Waals surface area contributed by atoms with Gasteiger partial charge in [-0.15, -0.1) is 12.4 Å². The Balaban J connectivity index is 0.00000441. The van der Waals surface area contributed by atoms with Crippen LogP contribution in [0.2, 0.25) is 0 Å². The van der Waals surface area contributed by atoms with Gasteiger partial charge in [-0.3, -0.25) is 10.1 Å². The molecule has 9 heteroatoms. The van der Waals surface area contributed by atoms with Crippen molar-refractivity contribution in [3.63, 3.8) is 0 Å². The van der Waals surface area contributed by atoms with E-state index < -0.39 is 10.9 Å². The molecule has 0 fully saturated rings. The summed E-state index contributed by atoms with van der Waals surface area (Å²) in [5, 5.41) is 14.0. The van der Waals surface area contributed by atoms with Gasteiger partial charge in [0.05, 0.1) is 24.7 Å². The lowest BCUT2D eigenvalue weighted by Crippen LogP contribution is -2.08. The van der Waals surface area contributed by atoms with Gasteiger partial charge in [-0.25, -0.2) is 4.79 Å². The number of nitro groups is 1. The van der Waals surface area contributed by atoms with Gasteiger partial charge in [-0.1, -0.05) is 12.2 Å². The molecule has 1 rings (SSSR count). The number of halogens is 1. The molecule has 0 atom stereocenters. The van der Waals surface area contributed by atoms with Crippen molar-refractivity contribution in [1.82, 2.24) is 0 Å². The van der Waals surface area contributed by atoms with Crippen molar-refractivity contribution in [3.05, 3.63) is 40.0 Å². The Morgan fingerprint density at radius 3 is 2.59 bits per heavy atom. The minimum atomic E-state index is -0.675. The molecule has 0 unspecified atom stereocenters.